The molecule has 2 aromatic rings. The standard InChI is InChI=1S/C24H28Cl2N2O5/c1-2-4-19(23(27)31)28-21(14-7-9-16(25)10-8-14)22(15-5-3-6-17(26)11-15)33-20(24(28)32)12-18(30)13-29/h3,5-11,18-22,29-30H,2,4,12-13H2,1H3,(H2,27,31)/t18-,19-,20+,21-,22+/m0/s1. The van der Waals surface area contributed by atoms with Crippen LogP contribution in [0, 0.1) is 0 Å². The van der Waals surface area contributed by atoms with Gasteiger partial charge >= 0.3 is 0 Å². The lowest BCUT2D eigenvalue weighted by Crippen LogP contribution is -2.58. The molecule has 33 heavy (non-hydrogen) atoms. The highest BCUT2D eigenvalue weighted by atomic mass is 35.5. The summed E-state index contributed by atoms with van der Waals surface area (Å²) in [5, 5.41) is 20.4. The zero-order valence-corrected chi connectivity index (χ0v) is 19.7. The van der Waals surface area contributed by atoms with Gasteiger partial charge in [-0.25, -0.2) is 0 Å². The SMILES string of the molecule is CCC[C@@H](C(N)=O)N1C(=O)[C@@H](C[C@H](O)CO)O[C@H](c2cccc(Cl)c2)[C@@H]1c1ccc(Cl)cc1. The third-order valence-electron chi connectivity index (χ3n) is 5.74. The van der Waals surface area contributed by atoms with Gasteiger partial charge in [-0.05, 0) is 41.8 Å². The van der Waals surface area contributed by atoms with E-state index < -0.39 is 48.8 Å². The molecule has 5 atom stereocenters. The van der Waals surface area contributed by atoms with E-state index in [0.29, 0.717) is 34.0 Å². The molecule has 0 bridgehead atoms. The molecule has 2 amide bonds. The number of benzene rings is 2. The normalized spacial score (nSPS) is 22.8. The van der Waals surface area contributed by atoms with Gasteiger partial charge in [0.15, 0.2) is 0 Å². The Balaban J connectivity index is 2.18. The topological polar surface area (TPSA) is 113 Å². The minimum absolute atomic E-state index is 0.131. The second-order valence-corrected chi connectivity index (χ2v) is 8.99. The molecule has 1 aliphatic heterocycles. The Morgan fingerprint density at radius 2 is 1.85 bits per heavy atom. The first kappa shape index (κ1) is 25.5. The maximum absolute atomic E-state index is 13.6. The molecule has 9 heteroatoms. The first-order valence-corrected chi connectivity index (χ1v) is 11.6. The second-order valence-electron chi connectivity index (χ2n) is 8.12. The molecular weight excluding hydrogens is 467 g/mol. The highest BCUT2D eigenvalue weighted by molar-refractivity contribution is 6.30. The Kier molecular flexibility index (Phi) is 8.73. The number of carbonyl (C=O) groups excluding carboxylic acids is 2. The van der Waals surface area contributed by atoms with Crippen molar-refractivity contribution >= 4 is 35.0 Å². The van der Waals surface area contributed by atoms with Crippen molar-refractivity contribution in [1.29, 1.82) is 0 Å². The predicted molar refractivity (Wildman–Crippen MR) is 126 cm³/mol. The van der Waals surface area contributed by atoms with Gasteiger partial charge in [-0.2, -0.15) is 0 Å². The number of aliphatic hydroxyl groups excluding tert-OH is 2. The van der Waals surface area contributed by atoms with E-state index >= 15 is 0 Å². The van der Waals surface area contributed by atoms with E-state index in [4.69, 9.17) is 33.7 Å². The summed E-state index contributed by atoms with van der Waals surface area (Å²) in [4.78, 5) is 27.6. The molecule has 0 unspecified atom stereocenters. The highest BCUT2D eigenvalue weighted by Gasteiger charge is 2.48. The Bertz CT molecular complexity index is 972. The molecule has 1 heterocycles. The third kappa shape index (κ3) is 5.86. The first-order valence-electron chi connectivity index (χ1n) is 10.8. The van der Waals surface area contributed by atoms with Gasteiger partial charge in [0, 0.05) is 16.5 Å². The average Bonchev–Trinajstić information content (AvgIpc) is 2.79. The molecule has 1 fully saturated rings. The van der Waals surface area contributed by atoms with E-state index in [1.807, 2.05) is 13.0 Å². The molecule has 178 valence electrons. The lowest BCUT2D eigenvalue weighted by molar-refractivity contribution is -0.185. The minimum atomic E-state index is -1.16. The predicted octanol–water partition coefficient (Wildman–Crippen LogP) is 3.40. The van der Waals surface area contributed by atoms with Crippen LogP contribution in [0.1, 0.15) is 49.5 Å². The van der Waals surface area contributed by atoms with E-state index in [1.165, 1.54) is 4.90 Å². The minimum Gasteiger partial charge on any atom is -0.394 e. The van der Waals surface area contributed by atoms with Crippen LogP contribution in [0.3, 0.4) is 0 Å². The molecule has 0 spiro atoms. The summed E-state index contributed by atoms with van der Waals surface area (Å²) in [6.07, 6.45) is -2.10. The summed E-state index contributed by atoms with van der Waals surface area (Å²) >= 11 is 12.3. The number of primary amides is 1. The van der Waals surface area contributed by atoms with Crippen molar-refractivity contribution in [2.75, 3.05) is 6.61 Å². The van der Waals surface area contributed by atoms with Crippen molar-refractivity contribution in [3.8, 4) is 0 Å². The van der Waals surface area contributed by atoms with Crippen LogP contribution >= 0.6 is 23.2 Å². The molecule has 4 N–H and O–H groups in total. The summed E-state index contributed by atoms with van der Waals surface area (Å²) < 4.78 is 6.24. The van der Waals surface area contributed by atoms with E-state index in [2.05, 4.69) is 0 Å². The number of hydrogen-bond donors (Lipinski definition) is 3. The number of rotatable bonds is 9. The van der Waals surface area contributed by atoms with Crippen LogP contribution in [0.4, 0.5) is 0 Å². The fourth-order valence-corrected chi connectivity index (χ4v) is 4.54. The van der Waals surface area contributed by atoms with Crippen molar-refractivity contribution in [2.45, 2.75) is 56.6 Å². The number of ether oxygens (including phenoxy) is 1. The molecule has 2 aromatic carbocycles. The Morgan fingerprint density at radius 1 is 1.15 bits per heavy atom. The smallest absolute Gasteiger partial charge is 0.253 e. The molecule has 0 aliphatic carbocycles. The van der Waals surface area contributed by atoms with Gasteiger partial charge < -0.3 is 25.6 Å². The number of carbonyl (C=O) groups is 2. The van der Waals surface area contributed by atoms with Gasteiger partial charge in [0.2, 0.25) is 5.91 Å². The zero-order valence-electron chi connectivity index (χ0n) is 18.2. The Hall–Kier alpha value is -2.16. The van der Waals surface area contributed by atoms with Crippen LogP contribution in [0.15, 0.2) is 48.5 Å². The lowest BCUT2D eigenvalue weighted by Gasteiger charge is -2.47. The lowest BCUT2D eigenvalue weighted by atomic mass is 9.88. The maximum atomic E-state index is 13.6. The Morgan fingerprint density at radius 3 is 2.42 bits per heavy atom. The number of nitrogens with two attached hydrogens (primary N) is 1. The van der Waals surface area contributed by atoms with Crippen LogP contribution in [0.25, 0.3) is 0 Å². The van der Waals surface area contributed by atoms with Crippen molar-refractivity contribution in [1.82, 2.24) is 4.90 Å². The van der Waals surface area contributed by atoms with Gasteiger partial charge in [-0.3, -0.25) is 9.59 Å². The van der Waals surface area contributed by atoms with Crippen LogP contribution in [-0.4, -0.2) is 51.8 Å². The van der Waals surface area contributed by atoms with Gasteiger partial charge in [0.1, 0.15) is 18.2 Å². The summed E-state index contributed by atoms with van der Waals surface area (Å²) in [5.74, 6) is -1.10. The molecule has 1 saturated heterocycles. The maximum Gasteiger partial charge on any atom is 0.253 e. The van der Waals surface area contributed by atoms with Gasteiger partial charge in [0.05, 0.1) is 18.8 Å². The van der Waals surface area contributed by atoms with Crippen LogP contribution in [0.2, 0.25) is 10.0 Å². The van der Waals surface area contributed by atoms with Crippen LogP contribution in [0.5, 0.6) is 0 Å². The molecule has 7 nitrogen and oxygen atoms in total. The quantitative estimate of drug-likeness (QED) is 0.494. The number of aliphatic hydroxyl groups is 2. The second kappa shape index (κ2) is 11.3. The number of morpholine rings is 1. The number of halogens is 2. The van der Waals surface area contributed by atoms with E-state index in [1.54, 1.807) is 42.5 Å². The Labute approximate surface area is 203 Å². The molecule has 0 aromatic heterocycles. The number of amides is 2. The fraction of sp³-hybridized carbons (Fsp3) is 0.417. The average molecular weight is 495 g/mol. The van der Waals surface area contributed by atoms with Crippen molar-refractivity contribution in [3.05, 3.63) is 69.7 Å². The van der Waals surface area contributed by atoms with Crippen molar-refractivity contribution in [3.63, 3.8) is 0 Å². The van der Waals surface area contributed by atoms with Crippen LogP contribution < -0.4 is 5.73 Å². The molecule has 0 radical (unpaired) electrons. The van der Waals surface area contributed by atoms with E-state index in [-0.39, 0.29) is 6.42 Å². The number of nitrogens with zero attached hydrogens (tertiary/aromatic N) is 1. The van der Waals surface area contributed by atoms with Crippen LogP contribution in [-0.2, 0) is 14.3 Å². The van der Waals surface area contributed by atoms with E-state index in [9.17, 15) is 19.8 Å². The van der Waals surface area contributed by atoms with Gasteiger partial charge in [-0.15, -0.1) is 0 Å². The van der Waals surface area contributed by atoms with Crippen molar-refractivity contribution < 1.29 is 24.5 Å². The summed E-state index contributed by atoms with van der Waals surface area (Å²) in [6.45, 7) is 1.38. The molecular formula is C24H28Cl2N2O5. The largest absolute Gasteiger partial charge is 0.394 e. The summed E-state index contributed by atoms with van der Waals surface area (Å²) in [7, 11) is 0. The summed E-state index contributed by atoms with van der Waals surface area (Å²) in [6, 6.07) is 12.4. The molecule has 0 saturated carbocycles. The molecule has 3 rings (SSSR count). The highest BCUT2D eigenvalue weighted by Crippen LogP contribution is 2.44. The third-order valence-corrected chi connectivity index (χ3v) is 6.23. The first-order chi connectivity index (χ1) is 15.8. The van der Waals surface area contributed by atoms with Gasteiger partial charge in [0.25, 0.3) is 5.91 Å². The monoisotopic (exact) mass is 494 g/mol. The van der Waals surface area contributed by atoms with Crippen molar-refractivity contribution in [2.24, 2.45) is 5.73 Å². The van der Waals surface area contributed by atoms with E-state index in [0.717, 1.165) is 0 Å². The zero-order chi connectivity index (χ0) is 24.1. The van der Waals surface area contributed by atoms with Gasteiger partial charge in [-0.1, -0.05) is 60.8 Å². The number of hydrogen-bond acceptors (Lipinski definition) is 5. The molecule has 1 aliphatic rings. The summed E-state index contributed by atoms with van der Waals surface area (Å²) in [5.41, 5.74) is 7.16. The fourth-order valence-electron chi connectivity index (χ4n) is 4.22.